The molecule has 0 bridgehead atoms. The van der Waals surface area contributed by atoms with Gasteiger partial charge in [0.05, 0.1) is 46.4 Å². The van der Waals surface area contributed by atoms with Crippen molar-refractivity contribution < 1.29 is 28.2 Å². The average Bonchev–Trinajstić information content (AvgIpc) is 3.34. The number of aryl methyl sites for hydroxylation is 1. The summed E-state index contributed by atoms with van der Waals surface area (Å²) in [4.78, 5) is 40.9. The molecule has 3 heterocycles. The van der Waals surface area contributed by atoms with E-state index in [9.17, 15) is 14.0 Å². The van der Waals surface area contributed by atoms with Gasteiger partial charge in [-0.25, -0.2) is 29.1 Å². The Hall–Kier alpha value is -4.91. The van der Waals surface area contributed by atoms with Crippen LogP contribution in [-0.4, -0.2) is 51.8 Å². The van der Waals surface area contributed by atoms with Crippen molar-refractivity contribution >= 4 is 56.1 Å². The van der Waals surface area contributed by atoms with Gasteiger partial charge in [-0.2, -0.15) is 0 Å². The first-order chi connectivity index (χ1) is 19.7. The molecule has 11 nitrogen and oxygen atoms in total. The fourth-order valence-electron chi connectivity index (χ4n) is 3.96. The summed E-state index contributed by atoms with van der Waals surface area (Å²) in [6, 6.07) is 9.88. The molecule has 13 heteroatoms. The van der Waals surface area contributed by atoms with Crippen molar-refractivity contribution in [2.45, 2.75) is 26.9 Å². The number of thiazole rings is 1. The summed E-state index contributed by atoms with van der Waals surface area (Å²) in [5, 5.41) is 5.73. The summed E-state index contributed by atoms with van der Waals surface area (Å²) in [6.07, 6.45) is 1.54. The van der Waals surface area contributed by atoms with Crippen molar-refractivity contribution in [2.75, 3.05) is 24.4 Å². The first-order valence-corrected chi connectivity index (χ1v) is 13.3. The maximum Gasteiger partial charge on any atom is 0.411 e. The lowest BCUT2D eigenvalue weighted by molar-refractivity contribution is -0.114. The molecule has 0 radical (unpaired) electrons. The van der Waals surface area contributed by atoms with Crippen molar-refractivity contribution in [3.63, 3.8) is 0 Å². The Bertz CT molecular complexity index is 1760. The molecule has 2 N–H and O–H groups in total. The number of amides is 2. The van der Waals surface area contributed by atoms with E-state index < -0.39 is 18.0 Å². The van der Waals surface area contributed by atoms with Gasteiger partial charge in [0.15, 0.2) is 11.6 Å². The molecule has 1 unspecified atom stereocenters. The number of methoxy groups -OCH3 is 1. The summed E-state index contributed by atoms with van der Waals surface area (Å²) in [6.45, 7) is 4.85. The Kier molecular flexibility index (Phi) is 7.88. The number of nitrogens with zero attached hydrogens (tertiary/aromatic N) is 4. The minimum absolute atomic E-state index is 0.0144. The monoisotopic (exact) mass is 576 g/mol. The number of halogens is 1. The standard InChI is InChI=1S/C28H25FN6O5S/c1-14-7-18(26-21(8-14)34-25(38-4)12-31-26)27-35-20-9-19(29)22(10-23(20)41-27)40-15(2)13-39-28(37)33-17-5-6-24(30-11-17)32-16(3)36/h5-12,15H,13H2,1-4H3,(H,33,37)(H,30,32,36). The van der Waals surface area contributed by atoms with Crippen LogP contribution in [0.4, 0.5) is 20.7 Å². The molecule has 5 aromatic rings. The van der Waals surface area contributed by atoms with Crippen LogP contribution in [0, 0.1) is 12.7 Å². The number of hydrogen-bond acceptors (Lipinski definition) is 10. The molecule has 0 spiro atoms. The highest BCUT2D eigenvalue weighted by Crippen LogP contribution is 2.37. The molecule has 2 amide bonds. The van der Waals surface area contributed by atoms with Crippen LogP contribution in [-0.2, 0) is 9.53 Å². The van der Waals surface area contributed by atoms with Gasteiger partial charge in [0.2, 0.25) is 11.8 Å². The van der Waals surface area contributed by atoms with Crippen molar-refractivity contribution in [3.8, 4) is 22.2 Å². The summed E-state index contributed by atoms with van der Waals surface area (Å²) in [5.74, 6) is -0.0662. The lowest BCUT2D eigenvalue weighted by atomic mass is 10.1. The van der Waals surface area contributed by atoms with E-state index in [0.717, 1.165) is 11.1 Å². The van der Waals surface area contributed by atoms with Crippen LogP contribution in [0.15, 0.2) is 48.8 Å². The lowest BCUT2D eigenvalue weighted by Gasteiger charge is -2.15. The molecule has 5 rings (SSSR count). The first-order valence-electron chi connectivity index (χ1n) is 12.4. The number of rotatable bonds is 8. The number of carbonyl (C=O) groups is 2. The number of aromatic nitrogens is 4. The van der Waals surface area contributed by atoms with Gasteiger partial charge in [0.1, 0.15) is 23.5 Å². The van der Waals surface area contributed by atoms with Crippen LogP contribution in [0.3, 0.4) is 0 Å². The van der Waals surface area contributed by atoms with Gasteiger partial charge < -0.3 is 19.5 Å². The SMILES string of the molecule is COc1cnc2c(-c3nc4cc(F)c(OC(C)COC(=O)Nc5ccc(NC(C)=O)nc5)cc4s3)cc(C)cc2n1. The van der Waals surface area contributed by atoms with E-state index in [-0.39, 0.29) is 18.3 Å². The quantitative estimate of drug-likeness (QED) is 0.237. The van der Waals surface area contributed by atoms with Gasteiger partial charge in [-0.15, -0.1) is 11.3 Å². The molecule has 3 aromatic heterocycles. The molecule has 0 aliphatic carbocycles. The zero-order valence-electron chi connectivity index (χ0n) is 22.5. The first kappa shape index (κ1) is 27.6. The van der Waals surface area contributed by atoms with Gasteiger partial charge in [0.25, 0.3) is 0 Å². The Morgan fingerprint density at radius 3 is 2.61 bits per heavy atom. The van der Waals surface area contributed by atoms with E-state index in [2.05, 4.69) is 30.6 Å². The molecular weight excluding hydrogens is 551 g/mol. The summed E-state index contributed by atoms with van der Waals surface area (Å²) >= 11 is 1.38. The van der Waals surface area contributed by atoms with Crippen LogP contribution in [0.2, 0.25) is 0 Å². The maximum atomic E-state index is 14.9. The van der Waals surface area contributed by atoms with E-state index >= 15 is 0 Å². The lowest BCUT2D eigenvalue weighted by Crippen LogP contribution is -2.24. The van der Waals surface area contributed by atoms with Gasteiger partial charge in [0, 0.05) is 24.6 Å². The molecule has 1 atom stereocenters. The van der Waals surface area contributed by atoms with Gasteiger partial charge in [-0.3, -0.25) is 10.1 Å². The highest BCUT2D eigenvalue weighted by Gasteiger charge is 2.18. The van der Waals surface area contributed by atoms with Crippen LogP contribution in [0.1, 0.15) is 19.4 Å². The molecule has 0 aliphatic rings. The number of hydrogen-bond donors (Lipinski definition) is 2. The highest BCUT2D eigenvalue weighted by molar-refractivity contribution is 7.21. The van der Waals surface area contributed by atoms with Crippen molar-refractivity contribution in [1.29, 1.82) is 0 Å². The summed E-state index contributed by atoms with van der Waals surface area (Å²) in [5.41, 5.74) is 3.95. The number of carbonyl (C=O) groups excluding carboxylic acids is 2. The Balaban J connectivity index is 1.26. The minimum Gasteiger partial charge on any atom is -0.484 e. The van der Waals surface area contributed by atoms with E-state index in [0.29, 0.717) is 43.6 Å². The Morgan fingerprint density at radius 1 is 1.05 bits per heavy atom. The second-order valence-electron chi connectivity index (χ2n) is 9.13. The predicted molar refractivity (Wildman–Crippen MR) is 153 cm³/mol. The van der Waals surface area contributed by atoms with Gasteiger partial charge >= 0.3 is 6.09 Å². The normalized spacial score (nSPS) is 11.7. The van der Waals surface area contributed by atoms with Gasteiger partial charge in [-0.05, 0) is 43.7 Å². The molecule has 210 valence electrons. The van der Waals surface area contributed by atoms with Gasteiger partial charge in [-0.1, -0.05) is 0 Å². The molecule has 0 aliphatic heterocycles. The molecule has 0 fully saturated rings. The summed E-state index contributed by atoms with van der Waals surface area (Å²) in [7, 11) is 1.53. The molecule has 2 aromatic carbocycles. The van der Waals surface area contributed by atoms with Crippen molar-refractivity contribution in [2.24, 2.45) is 0 Å². The third kappa shape index (κ3) is 6.47. The molecular formula is C28H25FN6O5S. The number of pyridine rings is 1. The topological polar surface area (TPSA) is 137 Å². The van der Waals surface area contributed by atoms with Crippen molar-refractivity contribution in [1.82, 2.24) is 19.9 Å². The third-order valence-electron chi connectivity index (χ3n) is 5.74. The minimum atomic E-state index is -0.733. The van der Waals surface area contributed by atoms with E-state index in [1.54, 1.807) is 31.3 Å². The Morgan fingerprint density at radius 2 is 1.88 bits per heavy atom. The maximum absolute atomic E-state index is 14.9. The largest absolute Gasteiger partial charge is 0.484 e. The zero-order valence-corrected chi connectivity index (χ0v) is 23.3. The fraction of sp³-hybridized carbons (Fsp3) is 0.214. The number of ether oxygens (including phenoxy) is 3. The van der Waals surface area contributed by atoms with Crippen LogP contribution < -0.4 is 20.1 Å². The van der Waals surface area contributed by atoms with E-state index in [4.69, 9.17) is 14.2 Å². The smallest absolute Gasteiger partial charge is 0.411 e. The molecule has 0 saturated carbocycles. The number of anilines is 2. The van der Waals surface area contributed by atoms with E-state index in [1.165, 1.54) is 37.6 Å². The van der Waals surface area contributed by atoms with Crippen LogP contribution >= 0.6 is 11.3 Å². The number of nitrogens with one attached hydrogen (secondary N) is 2. The van der Waals surface area contributed by atoms with E-state index in [1.807, 2.05) is 19.1 Å². The molecule has 41 heavy (non-hydrogen) atoms. The molecule has 0 saturated heterocycles. The third-order valence-corrected chi connectivity index (χ3v) is 6.79. The Labute approximate surface area is 237 Å². The second kappa shape index (κ2) is 11.7. The highest BCUT2D eigenvalue weighted by atomic mass is 32.1. The summed E-state index contributed by atoms with van der Waals surface area (Å²) < 4.78 is 31.8. The predicted octanol–water partition coefficient (Wildman–Crippen LogP) is 5.73. The average molecular weight is 577 g/mol. The van der Waals surface area contributed by atoms with Crippen LogP contribution in [0.5, 0.6) is 11.6 Å². The van der Waals surface area contributed by atoms with Crippen LogP contribution in [0.25, 0.3) is 31.8 Å². The second-order valence-corrected chi connectivity index (χ2v) is 10.2. The zero-order chi connectivity index (χ0) is 29.1. The van der Waals surface area contributed by atoms with Crippen molar-refractivity contribution in [3.05, 3.63) is 60.2 Å². The fourth-order valence-corrected chi connectivity index (χ4v) is 4.96. The number of benzene rings is 2. The number of fused-ring (bicyclic) bond motifs is 2.